The average molecular weight is 364 g/mol. The van der Waals surface area contributed by atoms with Gasteiger partial charge < -0.3 is 4.74 Å². The highest BCUT2D eigenvalue weighted by atomic mass is 19.1. The van der Waals surface area contributed by atoms with Crippen LogP contribution >= 0.6 is 0 Å². The van der Waals surface area contributed by atoms with E-state index in [1.54, 1.807) is 23.2 Å². The van der Waals surface area contributed by atoms with Crippen molar-refractivity contribution in [2.45, 2.75) is 6.54 Å². The number of aromatic nitrogens is 2. The zero-order valence-electron chi connectivity index (χ0n) is 14.4. The van der Waals surface area contributed by atoms with Crippen molar-refractivity contribution >= 4 is 17.8 Å². The molecule has 0 atom stereocenters. The Balaban J connectivity index is 1.50. The number of nitrogens with zero attached hydrogens (tertiary/aromatic N) is 2. The molecule has 0 unspecified atom stereocenters. The van der Waals surface area contributed by atoms with Crippen LogP contribution in [0.3, 0.4) is 0 Å². The van der Waals surface area contributed by atoms with Crippen molar-refractivity contribution in [1.82, 2.24) is 9.78 Å². The quantitative estimate of drug-likeness (QED) is 0.366. The van der Waals surface area contributed by atoms with Gasteiger partial charge >= 0.3 is 5.97 Å². The summed E-state index contributed by atoms with van der Waals surface area (Å²) in [7, 11) is 0. The summed E-state index contributed by atoms with van der Waals surface area (Å²) in [6, 6.07) is 15.1. The number of rotatable bonds is 7. The van der Waals surface area contributed by atoms with Crippen molar-refractivity contribution in [1.29, 1.82) is 0 Å². The Hall–Kier alpha value is -3.54. The lowest BCUT2D eigenvalue weighted by atomic mass is 10.1. The molecular formula is C21H17FN2O3. The maximum atomic E-state index is 13.1. The summed E-state index contributed by atoms with van der Waals surface area (Å²) in [4.78, 5) is 23.6. The second-order valence-electron chi connectivity index (χ2n) is 5.83. The summed E-state index contributed by atoms with van der Waals surface area (Å²) in [5.41, 5.74) is 2.01. The number of halogens is 1. The third-order valence-electron chi connectivity index (χ3n) is 3.74. The maximum absolute atomic E-state index is 13.1. The molecule has 0 aliphatic carbocycles. The lowest BCUT2D eigenvalue weighted by Gasteiger charge is -2.02. The minimum absolute atomic E-state index is 0.161. The molecule has 0 saturated heterocycles. The molecule has 0 fully saturated rings. The summed E-state index contributed by atoms with van der Waals surface area (Å²) in [5, 5.41) is 4.24. The van der Waals surface area contributed by atoms with Crippen molar-refractivity contribution in [3.8, 4) is 0 Å². The van der Waals surface area contributed by atoms with E-state index >= 15 is 0 Å². The fourth-order valence-electron chi connectivity index (χ4n) is 2.42. The van der Waals surface area contributed by atoms with E-state index in [-0.39, 0.29) is 5.56 Å². The van der Waals surface area contributed by atoms with Gasteiger partial charge in [0, 0.05) is 23.4 Å². The van der Waals surface area contributed by atoms with Gasteiger partial charge in [-0.3, -0.25) is 9.48 Å². The monoisotopic (exact) mass is 364 g/mol. The van der Waals surface area contributed by atoms with Crippen LogP contribution in [0.1, 0.15) is 21.5 Å². The SMILES string of the molecule is O=C(/C=C/c1cnn(Cc2ccccc2)c1)OCC(=O)c1cccc(F)c1. The second kappa shape index (κ2) is 8.71. The van der Waals surface area contributed by atoms with Crippen LogP contribution in [0, 0.1) is 5.82 Å². The summed E-state index contributed by atoms with van der Waals surface area (Å²) < 4.78 is 19.8. The third kappa shape index (κ3) is 5.47. The molecule has 0 spiro atoms. The topological polar surface area (TPSA) is 61.2 Å². The van der Waals surface area contributed by atoms with Gasteiger partial charge in [-0.05, 0) is 23.8 Å². The third-order valence-corrected chi connectivity index (χ3v) is 3.74. The van der Waals surface area contributed by atoms with Crippen LogP contribution in [-0.4, -0.2) is 28.1 Å². The predicted molar refractivity (Wildman–Crippen MR) is 98.5 cm³/mol. The molecule has 3 rings (SSSR count). The molecule has 0 radical (unpaired) electrons. The molecule has 1 aromatic heterocycles. The van der Waals surface area contributed by atoms with Crippen molar-refractivity contribution < 1.29 is 18.7 Å². The summed E-state index contributed by atoms with van der Waals surface area (Å²) in [6.45, 7) is 0.182. The fourth-order valence-corrected chi connectivity index (χ4v) is 2.42. The van der Waals surface area contributed by atoms with Crippen molar-refractivity contribution in [2.24, 2.45) is 0 Å². The smallest absolute Gasteiger partial charge is 0.331 e. The normalized spacial score (nSPS) is 10.9. The van der Waals surface area contributed by atoms with Crippen LogP contribution in [0.4, 0.5) is 4.39 Å². The van der Waals surface area contributed by atoms with Crippen LogP contribution < -0.4 is 0 Å². The van der Waals surface area contributed by atoms with Gasteiger partial charge in [-0.2, -0.15) is 5.10 Å². The zero-order valence-corrected chi connectivity index (χ0v) is 14.4. The number of hydrogen-bond donors (Lipinski definition) is 0. The second-order valence-corrected chi connectivity index (χ2v) is 5.83. The highest BCUT2D eigenvalue weighted by Crippen LogP contribution is 2.07. The van der Waals surface area contributed by atoms with Gasteiger partial charge in [0.05, 0.1) is 12.7 Å². The molecule has 6 heteroatoms. The number of carbonyl (C=O) groups excluding carboxylic acids is 2. The van der Waals surface area contributed by atoms with Gasteiger partial charge in [0.2, 0.25) is 0 Å². The molecule has 0 bridgehead atoms. The highest BCUT2D eigenvalue weighted by Gasteiger charge is 2.09. The van der Waals surface area contributed by atoms with Crippen LogP contribution in [0.25, 0.3) is 6.08 Å². The number of benzene rings is 2. The van der Waals surface area contributed by atoms with E-state index in [4.69, 9.17) is 4.74 Å². The van der Waals surface area contributed by atoms with Crippen LogP contribution in [-0.2, 0) is 16.1 Å². The Bertz CT molecular complexity index is 964. The van der Waals surface area contributed by atoms with E-state index in [1.807, 2.05) is 30.3 Å². The van der Waals surface area contributed by atoms with Crippen LogP contribution in [0.2, 0.25) is 0 Å². The predicted octanol–water partition coefficient (Wildman–Crippen LogP) is 3.51. The molecule has 27 heavy (non-hydrogen) atoms. The van der Waals surface area contributed by atoms with Crippen LogP contribution in [0.5, 0.6) is 0 Å². The number of esters is 1. The van der Waals surface area contributed by atoms with E-state index in [0.29, 0.717) is 6.54 Å². The van der Waals surface area contributed by atoms with Crippen molar-refractivity contribution in [2.75, 3.05) is 6.61 Å². The van der Waals surface area contributed by atoms with Crippen molar-refractivity contribution in [3.05, 3.63) is 95.6 Å². The van der Waals surface area contributed by atoms with Gasteiger partial charge in [-0.1, -0.05) is 42.5 Å². The molecule has 1 heterocycles. The van der Waals surface area contributed by atoms with E-state index in [1.165, 1.54) is 24.3 Å². The minimum Gasteiger partial charge on any atom is -0.454 e. The molecule has 136 valence electrons. The van der Waals surface area contributed by atoms with E-state index < -0.39 is 24.2 Å². The van der Waals surface area contributed by atoms with Gasteiger partial charge in [0.1, 0.15) is 5.82 Å². The summed E-state index contributed by atoms with van der Waals surface area (Å²) in [5.74, 6) is -1.64. The van der Waals surface area contributed by atoms with Crippen LogP contribution in [0.15, 0.2) is 73.1 Å². The van der Waals surface area contributed by atoms with Gasteiger partial charge in [-0.25, -0.2) is 9.18 Å². The first-order valence-corrected chi connectivity index (χ1v) is 8.30. The number of ether oxygens (including phenoxy) is 1. The lowest BCUT2D eigenvalue weighted by molar-refractivity contribution is -0.136. The number of Topliss-reactive ketones (excluding diaryl/α,β-unsaturated/α-hetero) is 1. The van der Waals surface area contributed by atoms with Gasteiger partial charge in [0.25, 0.3) is 0 Å². The molecule has 0 amide bonds. The average Bonchev–Trinajstić information content (AvgIpc) is 3.12. The molecule has 5 nitrogen and oxygen atoms in total. The highest BCUT2D eigenvalue weighted by molar-refractivity contribution is 5.98. The fraction of sp³-hybridized carbons (Fsp3) is 0.0952. The van der Waals surface area contributed by atoms with Crippen molar-refractivity contribution in [3.63, 3.8) is 0 Å². The first-order chi connectivity index (χ1) is 13.1. The number of carbonyl (C=O) groups is 2. The molecule has 0 saturated carbocycles. The molecule has 0 aliphatic heterocycles. The molecular weight excluding hydrogens is 347 g/mol. The maximum Gasteiger partial charge on any atom is 0.331 e. The zero-order chi connectivity index (χ0) is 19.1. The Morgan fingerprint density at radius 1 is 1.11 bits per heavy atom. The number of hydrogen-bond acceptors (Lipinski definition) is 4. The standard InChI is InChI=1S/C21H17FN2O3/c22-19-8-4-7-18(11-19)20(25)15-27-21(26)10-9-17-12-23-24(14-17)13-16-5-2-1-3-6-16/h1-12,14H,13,15H2/b10-9+. The first kappa shape index (κ1) is 18.3. The van der Waals surface area contributed by atoms with E-state index in [2.05, 4.69) is 5.10 Å². The largest absolute Gasteiger partial charge is 0.454 e. The minimum atomic E-state index is -0.657. The first-order valence-electron chi connectivity index (χ1n) is 8.30. The Kier molecular flexibility index (Phi) is 5.89. The Labute approximate surface area is 155 Å². The van der Waals surface area contributed by atoms with E-state index in [0.717, 1.165) is 17.2 Å². The lowest BCUT2D eigenvalue weighted by Crippen LogP contribution is -2.12. The summed E-state index contributed by atoms with van der Waals surface area (Å²) in [6.07, 6.45) is 6.21. The van der Waals surface area contributed by atoms with Gasteiger partial charge in [0.15, 0.2) is 12.4 Å². The Morgan fingerprint density at radius 3 is 2.70 bits per heavy atom. The number of ketones is 1. The van der Waals surface area contributed by atoms with Gasteiger partial charge in [-0.15, -0.1) is 0 Å². The molecule has 0 aliphatic rings. The molecule has 3 aromatic rings. The Morgan fingerprint density at radius 2 is 1.93 bits per heavy atom. The molecule has 0 N–H and O–H groups in total. The summed E-state index contributed by atoms with van der Waals surface area (Å²) >= 11 is 0. The van der Waals surface area contributed by atoms with E-state index in [9.17, 15) is 14.0 Å². The molecule has 2 aromatic carbocycles.